The van der Waals surface area contributed by atoms with Crippen molar-refractivity contribution in [2.75, 3.05) is 0 Å². The van der Waals surface area contributed by atoms with E-state index in [1.807, 2.05) is 0 Å². The zero-order chi connectivity index (χ0) is 14.9. The molecule has 2 rings (SSSR count). The summed E-state index contributed by atoms with van der Waals surface area (Å²) >= 11 is 0. The predicted octanol–water partition coefficient (Wildman–Crippen LogP) is 6.01. The van der Waals surface area contributed by atoms with Crippen LogP contribution in [0.2, 0.25) is 0 Å². The van der Waals surface area contributed by atoms with Gasteiger partial charge in [0, 0.05) is 0 Å². The maximum Gasteiger partial charge on any atom is -0.0196 e. The van der Waals surface area contributed by atoms with Crippen molar-refractivity contribution >= 4 is 13.9 Å². The summed E-state index contributed by atoms with van der Waals surface area (Å²) in [5, 5.41) is 1.71. The summed E-state index contributed by atoms with van der Waals surface area (Å²) in [5.41, 5.74) is 4.38. The fraction of sp³-hybridized carbons (Fsp3) is 0.700. The summed E-state index contributed by atoms with van der Waals surface area (Å²) in [6.45, 7) is 4.62. The minimum absolute atomic E-state index is 0.987. The molecule has 0 aromatic heterocycles. The van der Waals surface area contributed by atoms with Gasteiger partial charge in [0.2, 0.25) is 0 Å². The number of unbranched alkanes of at least 4 members (excludes halogenated alkanes) is 2. The molecule has 1 heteroatoms. The predicted molar refractivity (Wildman–Crippen MR) is 98.5 cm³/mol. The van der Waals surface area contributed by atoms with E-state index < -0.39 is 0 Å². The van der Waals surface area contributed by atoms with Crippen LogP contribution in [0.25, 0.3) is 0 Å². The van der Waals surface area contributed by atoms with Gasteiger partial charge in [-0.2, -0.15) is 0 Å². The molecule has 1 saturated carbocycles. The first-order chi connectivity index (χ1) is 10.3. The minimum Gasteiger partial charge on any atom is -0.0869 e. The highest BCUT2D eigenvalue weighted by molar-refractivity contribution is 7.48. The quantitative estimate of drug-likeness (QED) is 0.516. The first-order valence-corrected chi connectivity index (χ1v) is 10.3. The maximum absolute atomic E-state index is 2.44. The third-order valence-corrected chi connectivity index (χ3v) is 6.58. The highest BCUT2D eigenvalue weighted by Gasteiger charge is 2.16. The lowest BCUT2D eigenvalue weighted by atomic mass is 9.98. The molecule has 1 aromatic carbocycles. The average molecular weight is 304 g/mol. The van der Waals surface area contributed by atoms with Gasteiger partial charge in [-0.3, -0.25) is 0 Å². The number of hydrogen-bond acceptors (Lipinski definition) is 0. The van der Waals surface area contributed by atoms with Crippen molar-refractivity contribution in [3.8, 4) is 0 Å². The van der Waals surface area contributed by atoms with E-state index in [-0.39, 0.29) is 0 Å². The molecular formula is C20H33P. The molecule has 1 aliphatic rings. The standard InChI is InChI=1S/C20H33P/c1-3-5-11-17-12-10-16-20(19(17)15-6-4-2)21-18-13-8-7-9-14-18/h10,12,16,18,21H,3-9,11,13-15H2,1-2H3. The second kappa shape index (κ2) is 9.62. The highest BCUT2D eigenvalue weighted by Crippen LogP contribution is 2.34. The zero-order valence-corrected chi connectivity index (χ0v) is 15.1. The van der Waals surface area contributed by atoms with E-state index in [0.29, 0.717) is 0 Å². The molecule has 0 heterocycles. The van der Waals surface area contributed by atoms with Gasteiger partial charge in [0.05, 0.1) is 0 Å². The van der Waals surface area contributed by atoms with Crippen LogP contribution in [-0.2, 0) is 12.8 Å². The molecule has 0 aliphatic heterocycles. The minimum atomic E-state index is 0.987. The molecule has 0 bridgehead atoms. The van der Waals surface area contributed by atoms with E-state index in [1.165, 1.54) is 70.6 Å². The van der Waals surface area contributed by atoms with E-state index in [0.717, 1.165) is 14.2 Å². The average Bonchev–Trinajstić information content (AvgIpc) is 2.53. The Bertz CT molecular complexity index is 404. The van der Waals surface area contributed by atoms with E-state index in [1.54, 1.807) is 16.4 Å². The van der Waals surface area contributed by atoms with Crippen molar-refractivity contribution in [1.29, 1.82) is 0 Å². The number of benzene rings is 1. The van der Waals surface area contributed by atoms with Crippen LogP contribution in [0, 0.1) is 0 Å². The summed E-state index contributed by atoms with van der Waals surface area (Å²) in [6, 6.07) is 7.16. The smallest absolute Gasteiger partial charge is 0.0196 e. The third-order valence-electron chi connectivity index (χ3n) is 4.82. The summed E-state index contributed by atoms with van der Waals surface area (Å²) in [5.74, 6) is 0. The summed E-state index contributed by atoms with van der Waals surface area (Å²) in [6.07, 6.45) is 15.3. The first-order valence-electron chi connectivity index (χ1n) is 9.22. The van der Waals surface area contributed by atoms with Gasteiger partial charge in [-0.15, -0.1) is 0 Å². The van der Waals surface area contributed by atoms with Crippen molar-refractivity contribution in [3.63, 3.8) is 0 Å². The molecule has 1 atom stereocenters. The molecule has 0 saturated heterocycles. The van der Waals surface area contributed by atoms with Crippen molar-refractivity contribution in [2.45, 2.75) is 90.1 Å². The summed E-state index contributed by atoms with van der Waals surface area (Å²) in [4.78, 5) is 0. The van der Waals surface area contributed by atoms with Gasteiger partial charge in [-0.05, 0) is 60.6 Å². The van der Waals surface area contributed by atoms with E-state index >= 15 is 0 Å². The molecule has 118 valence electrons. The lowest BCUT2D eigenvalue weighted by Gasteiger charge is -2.24. The molecule has 1 aliphatic carbocycles. The monoisotopic (exact) mass is 304 g/mol. The van der Waals surface area contributed by atoms with Crippen molar-refractivity contribution in [2.24, 2.45) is 0 Å². The van der Waals surface area contributed by atoms with Gasteiger partial charge in [-0.1, -0.05) is 72.7 Å². The Hall–Kier alpha value is -0.350. The Morgan fingerprint density at radius 2 is 1.67 bits per heavy atom. The molecule has 0 spiro atoms. The Kier molecular flexibility index (Phi) is 7.80. The van der Waals surface area contributed by atoms with Crippen molar-refractivity contribution in [1.82, 2.24) is 0 Å². The molecule has 1 aromatic rings. The summed E-state index contributed by atoms with van der Waals surface area (Å²) in [7, 11) is 1.07. The molecule has 1 unspecified atom stereocenters. The van der Waals surface area contributed by atoms with Crippen LogP contribution >= 0.6 is 8.58 Å². The molecule has 0 nitrogen and oxygen atoms in total. The fourth-order valence-electron chi connectivity index (χ4n) is 3.49. The van der Waals surface area contributed by atoms with Gasteiger partial charge < -0.3 is 0 Å². The number of rotatable bonds is 8. The van der Waals surface area contributed by atoms with Crippen LogP contribution in [0.1, 0.15) is 82.8 Å². The number of hydrogen-bond donors (Lipinski definition) is 0. The van der Waals surface area contributed by atoms with Crippen LogP contribution in [0.4, 0.5) is 0 Å². The third kappa shape index (κ3) is 5.41. The lowest BCUT2D eigenvalue weighted by Crippen LogP contribution is -2.15. The molecule has 1 fully saturated rings. The van der Waals surface area contributed by atoms with E-state index in [9.17, 15) is 0 Å². The zero-order valence-electron chi connectivity index (χ0n) is 14.1. The van der Waals surface area contributed by atoms with E-state index in [4.69, 9.17) is 0 Å². The normalized spacial score (nSPS) is 16.9. The molecule has 0 N–H and O–H groups in total. The largest absolute Gasteiger partial charge is 0.0869 e. The van der Waals surface area contributed by atoms with Gasteiger partial charge in [-0.25, -0.2) is 0 Å². The van der Waals surface area contributed by atoms with Crippen LogP contribution < -0.4 is 5.30 Å². The second-order valence-corrected chi connectivity index (χ2v) is 8.27. The van der Waals surface area contributed by atoms with Gasteiger partial charge in [0.25, 0.3) is 0 Å². The number of aryl methyl sites for hydroxylation is 1. The van der Waals surface area contributed by atoms with Crippen LogP contribution in [0.15, 0.2) is 18.2 Å². The van der Waals surface area contributed by atoms with Crippen LogP contribution in [0.3, 0.4) is 0 Å². The molecule has 0 radical (unpaired) electrons. The molecule has 21 heavy (non-hydrogen) atoms. The first kappa shape index (κ1) is 17.0. The Morgan fingerprint density at radius 1 is 0.952 bits per heavy atom. The van der Waals surface area contributed by atoms with Gasteiger partial charge >= 0.3 is 0 Å². The highest BCUT2D eigenvalue weighted by atomic mass is 31.1. The van der Waals surface area contributed by atoms with Gasteiger partial charge in [0.15, 0.2) is 0 Å². The van der Waals surface area contributed by atoms with Crippen LogP contribution in [-0.4, -0.2) is 5.66 Å². The Labute approximate surface area is 133 Å². The SMILES string of the molecule is CCCCc1cccc(PC2CCCCC2)c1CCCC. The Morgan fingerprint density at radius 3 is 2.38 bits per heavy atom. The lowest BCUT2D eigenvalue weighted by molar-refractivity contribution is 0.514. The summed E-state index contributed by atoms with van der Waals surface area (Å²) < 4.78 is 0. The maximum atomic E-state index is 2.44. The molecule has 0 amide bonds. The van der Waals surface area contributed by atoms with Gasteiger partial charge in [0.1, 0.15) is 0 Å². The molecular weight excluding hydrogens is 271 g/mol. The Balaban J connectivity index is 2.12. The second-order valence-electron chi connectivity index (χ2n) is 6.63. The topological polar surface area (TPSA) is 0 Å². The van der Waals surface area contributed by atoms with Crippen LogP contribution in [0.5, 0.6) is 0 Å². The van der Waals surface area contributed by atoms with Crippen molar-refractivity contribution < 1.29 is 0 Å². The fourth-order valence-corrected chi connectivity index (χ4v) is 5.28. The van der Waals surface area contributed by atoms with E-state index in [2.05, 4.69) is 32.0 Å². The van der Waals surface area contributed by atoms with Crippen molar-refractivity contribution in [3.05, 3.63) is 29.3 Å².